The van der Waals surface area contributed by atoms with Crippen LogP contribution in [-0.2, 0) is 11.3 Å². The number of hydrogen-bond acceptors (Lipinski definition) is 4. The van der Waals surface area contributed by atoms with Crippen LogP contribution in [0, 0.1) is 6.92 Å². The third-order valence-electron chi connectivity index (χ3n) is 3.52. The molecule has 1 rings (SSSR count). The molecule has 0 bridgehead atoms. The number of rotatable bonds is 8. The van der Waals surface area contributed by atoms with E-state index in [2.05, 4.69) is 18.7 Å². The molecule has 0 radical (unpaired) electrons. The van der Waals surface area contributed by atoms with Crippen molar-refractivity contribution in [3.63, 3.8) is 0 Å². The van der Waals surface area contributed by atoms with Crippen LogP contribution < -0.4 is 0 Å². The first-order chi connectivity index (χ1) is 9.71. The minimum absolute atomic E-state index is 0.222. The topological polar surface area (TPSA) is 45.8 Å². The Kier molecular flexibility index (Phi) is 6.91. The summed E-state index contributed by atoms with van der Waals surface area (Å²) in [6.07, 6.45) is 0.543. The molecule has 4 heteroatoms. The second kappa shape index (κ2) is 7.97. The number of furan rings is 1. The first kappa shape index (κ1) is 18.2. The molecule has 0 aliphatic heterocycles. The van der Waals surface area contributed by atoms with Crippen molar-refractivity contribution in [2.24, 2.45) is 0 Å². The smallest absolute Gasteiger partial charge is 0.118 e. The summed E-state index contributed by atoms with van der Waals surface area (Å²) in [5, 5.41) is 10.2. The Morgan fingerprint density at radius 1 is 1.33 bits per heavy atom. The maximum Gasteiger partial charge on any atom is 0.118 e. The molecule has 0 fully saturated rings. The molecule has 0 aliphatic rings. The van der Waals surface area contributed by atoms with Crippen molar-refractivity contribution >= 4 is 0 Å². The summed E-state index contributed by atoms with van der Waals surface area (Å²) in [6.45, 7) is 13.9. The van der Waals surface area contributed by atoms with Gasteiger partial charge in [-0.05, 0) is 53.2 Å². The number of aryl methyl sites for hydroxylation is 1. The number of aliphatic hydroxyl groups excluding tert-OH is 1. The summed E-state index contributed by atoms with van der Waals surface area (Å²) in [6, 6.07) is 4.37. The number of nitrogens with zero attached hydrogens (tertiary/aromatic N) is 1. The lowest BCUT2D eigenvalue weighted by Gasteiger charge is -2.30. The van der Waals surface area contributed by atoms with Gasteiger partial charge in [0.1, 0.15) is 11.5 Å². The molecular weight excluding hydrogens is 266 g/mol. The van der Waals surface area contributed by atoms with Crippen LogP contribution in [0.3, 0.4) is 0 Å². The molecular formula is C17H31NO3. The van der Waals surface area contributed by atoms with Crippen LogP contribution in [-0.4, -0.2) is 40.9 Å². The molecule has 2 atom stereocenters. The lowest BCUT2D eigenvalue weighted by molar-refractivity contribution is -0.0597. The van der Waals surface area contributed by atoms with Crippen LogP contribution in [0.2, 0.25) is 0 Å². The van der Waals surface area contributed by atoms with E-state index >= 15 is 0 Å². The Labute approximate surface area is 129 Å². The predicted molar refractivity (Wildman–Crippen MR) is 85.3 cm³/mol. The van der Waals surface area contributed by atoms with Crippen molar-refractivity contribution in [2.75, 3.05) is 13.2 Å². The van der Waals surface area contributed by atoms with Crippen molar-refractivity contribution in [1.82, 2.24) is 4.90 Å². The van der Waals surface area contributed by atoms with Crippen molar-refractivity contribution in [1.29, 1.82) is 0 Å². The average molecular weight is 297 g/mol. The standard InChI is InChI=1S/C17H31NO3/c1-7-13(2)18(11-16-9-8-14(3)21-16)10-15(19)12-20-17(4,5)6/h8-9,13,15,19H,7,10-12H2,1-6H3/t13-,15+/m0/s1. The molecule has 0 unspecified atom stereocenters. The van der Waals surface area contributed by atoms with E-state index in [1.165, 1.54) is 0 Å². The van der Waals surface area contributed by atoms with Crippen molar-refractivity contribution in [3.8, 4) is 0 Å². The van der Waals surface area contributed by atoms with Crippen LogP contribution in [0.15, 0.2) is 16.5 Å². The van der Waals surface area contributed by atoms with E-state index in [0.29, 0.717) is 19.2 Å². The second-order valence-corrected chi connectivity index (χ2v) is 6.78. The first-order valence-electron chi connectivity index (χ1n) is 7.82. The van der Waals surface area contributed by atoms with Gasteiger partial charge in [0.15, 0.2) is 0 Å². The summed E-state index contributed by atoms with van der Waals surface area (Å²) in [5.41, 5.74) is -0.222. The molecule has 0 aromatic carbocycles. The first-order valence-corrected chi connectivity index (χ1v) is 7.82. The van der Waals surface area contributed by atoms with Crippen LogP contribution in [0.5, 0.6) is 0 Å². The van der Waals surface area contributed by atoms with Crippen molar-refractivity contribution in [3.05, 3.63) is 23.7 Å². The summed E-state index contributed by atoms with van der Waals surface area (Å²) in [4.78, 5) is 2.24. The van der Waals surface area contributed by atoms with Gasteiger partial charge in [-0.3, -0.25) is 4.90 Å². The molecule has 21 heavy (non-hydrogen) atoms. The van der Waals surface area contributed by atoms with Gasteiger partial charge in [-0.2, -0.15) is 0 Å². The predicted octanol–water partition coefficient (Wildman–Crippen LogP) is 3.36. The van der Waals surface area contributed by atoms with Gasteiger partial charge in [-0.15, -0.1) is 0 Å². The fourth-order valence-corrected chi connectivity index (χ4v) is 2.10. The molecule has 0 saturated carbocycles. The zero-order valence-electron chi connectivity index (χ0n) is 14.3. The molecule has 0 aliphatic carbocycles. The third kappa shape index (κ3) is 7.11. The Balaban J connectivity index is 2.57. The molecule has 1 aromatic rings. The van der Waals surface area contributed by atoms with Gasteiger partial charge in [-0.25, -0.2) is 0 Å². The normalized spacial score (nSPS) is 15.4. The van der Waals surface area contributed by atoms with Gasteiger partial charge in [0.2, 0.25) is 0 Å². The van der Waals surface area contributed by atoms with Crippen LogP contribution in [0.4, 0.5) is 0 Å². The lowest BCUT2D eigenvalue weighted by Crippen LogP contribution is -2.40. The maximum atomic E-state index is 10.2. The summed E-state index contributed by atoms with van der Waals surface area (Å²) < 4.78 is 11.3. The number of ether oxygens (including phenoxy) is 1. The Hall–Kier alpha value is -0.840. The van der Waals surface area contributed by atoms with E-state index in [1.807, 2.05) is 39.8 Å². The SMILES string of the molecule is CC[C@H](C)N(Cc1ccc(C)o1)C[C@@H](O)COC(C)(C)C. The highest BCUT2D eigenvalue weighted by Gasteiger charge is 2.20. The highest BCUT2D eigenvalue weighted by Crippen LogP contribution is 2.15. The second-order valence-electron chi connectivity index (χ2n) is 6.78. The number of aliphatic hydroxyl groups is 1. The maximum absolute atomic E-state index is 10.2. The highest BCUT2D eigenvalue weighted by atomic mass is 16.5. The Morgan fingerprint density at radius 3 is 2.48 bits per heavy atom. The quantitative estimate of drug-likeness (QED) is 0.799. The molecule has 4 nitrogen and oxygen atoms in total. The molecule has 0 saturated heterocycles. The van der Waals surface area contributed by atoms with Gasteiger partial charge in [0, 0.05) is 12.6 Å². The Morgan fingerprint density at radius 2 is 2.00 bits per heavy atom. The Bertz CT molecular complexity index is 408. The summed E-state index contributed by atoms with van der Waals surface area (Å²) in [7, 11) is 0. The molecule has 1 aromatic heterocycles. The van der Waals surface area contributed by atoms with Gasteiger partial charge >= 0.3 is 0 Å². The van der Waals surface area contributed by atoms with Crippen LogP contribution in [0.1, 0.15) is 52.6 Å². The lowest BCUT2D eigenvalue weighted by atomic mass is 10.1. The molecule has 1 N–H and O–H groups in total. The molecule has 122 valence electrons. The largest absolute Gasteiger partial charge is 0.465 e. The van der Waals surface area contributed by atoms with Gasteiger partial charge in [0.25, 0.3) is 0 Å². The van der Waals surface area contributed by atoms with E-state index in [1.54, 1.807) is 0 Å². The van der Waals surface area contributed by atoms with Crippen molar-refractivity contribution in [2.45, 2.75) is 72.3 Å². The van der Waals surface area contributed by atoms with E-state index in [4.69, 9.17) is 9.15 Å². The van der Waals surface area contributed by atoms with Gasteiger partial charge in [0.05, 0.1) is 24.9 Å². The van der Waals surface area contributed by atoms with Gasteiger partial charge in [-0.1, -0.05) is 6.92 Å². The van der Waals surface area contributed by atoms with E-state index in [9.17, 15) is 5.11 Å². The number of hydrogen-bond donors (Lipinski definition) is 1. The van der Waals surface area contributed by atoms with E-state index in [-0.39, 0.29) is 5.60 Å². The van der Waals surface area contributed by atoms with Crippen LogP contribution >= 0.6 is 0 Å². The van der Waals surface area contributed by atoms with Crippen molar-refractivity contribution < 1.29 is 14.3 Å². The minimum atomic E-state index is -0.491. The minimum Gasteiger partial charge on any atom is -0.465 e. The molecule has 1 heterocycles. The van der Waals surface area contributed by atoms with E-state index < -0.39 is 6.10 Å². The summed E-state index contributed by atoms with van der Waals surface area (Å²) >= 11 is 0. The molecule has 0 spiro atoms. The van der Waals surface area contributed by atoms with Crippen LogP contribution in [0.25, 0.3) is 0 Å². The molecule has 0 amide bonds. The zero-order chi connectivity index (χ0) is 16.0. The monoisotopic (exact) mass is 297 g/mol. The fourth-order valence-electron chi connectivity index (χ4n) is 2.10. The van der Waals surface area contributed by atoms with Gasteiger partial charge < -0.3 is 14.3 Å². The highest BCUT2D eigenvalue weighted by molar-refractivity contribution is 5.05. The zero-order valence-corrected chi connectivity index (χ0v) is 14.3. The van der Waals surface area contributed by atoms with E-state index in [0.717, 1.165) is 24.5 Å². The average Bonchev–Trinajstić information content (AvgIpc) is 2.79. The fraction of sp³-hybridized carbons (Fsp3) is 0.765. The third-order valence-corrected chi connectivity index (χ3v) is 3.52. The summed E-state index contributed by atoms with van der Waals surface area (Å²) in [5.74, 6) is 1.86.